The molecule has 4 heteroatoms. The fraction of sp³-hybridized carbons (Fsp3) is 0.857. The Labute approximate surface area is 69.4 Å². The van der Waals surface area contributed by atoms with Crippen LogP contribution in [-0.4, -0.2) is 31.6 Å². The average molecular weight is 178 g/mol. The molecule has 0 aliphatic carbocycles. The molecular formula is C7H16NO2S. The first kappa shape index (κ1) is 10.9. The molecule has 0 aliphatic rings. The smallest absolute Gasteiger partial charge is 0.212 e. The van der Waals surface area contributed by atoms with Crippen molar-refractivity contribution in [2.45, 2.75) is 20.3 Å². The molecule has 1 radical (unpaired) electrons. The van der Waals surface area contributed by atoms with Gasteiger partial charge in [0.1, 0.15) is 0 Å². The van der Waals surface area contributed by atoms with E-state index in [4.69, 9.17) is 0 Å². The minimum Gasteiger partial charge on any atom is -0.212 e. The number of nitrogens with zero attached hydrogens (tertiary/aromatic N) is 1. The Morgan fingerprint density at radius 2 is 1.91 bits per heavy atom. The summed E-state index contributed by atoms with van der Waals surface area (Å²) in [4.78, 5) is 0. The molecule has 0 unspecified atom stereocenters. The number of hydrogen-bond donors (Lipinski definition) is 0. The molecule has 0 N–H and O–H groups in total. The normalized spacial score (nSPS) is 12.4. The SMILES string of the molecule is [CH2]CN(CCC)S(=O)(=O)CC. The van der Waals surface area contributed by atoms with Gasteiger partial charge in [0.05, 0.1) is 5.75 Å². The van der Waals surface area contributed by atoms with E-state index in [1.807, 2.05) is 6.92 Å². The van der Waals surface area contributed by atoms with E-state index in [1.165, 1.54) is 4.31 Å². The average Bonchev–Trinajstić information content (AvgIpc) is 2.00. The Morgan fingerprint density at radius 3 is 2.18 bits per heavy atom. The molecule has 0 heterocycles. The second-order valence-corrected chi connectivity index (χ2v) is 4.56. The van der Waals surface area contributed by atoms with E-state index in [9.17, 15) is 8.42 Å². The van der Waals surface area contributed by atoms with Crippen molar-refractivity contribution in [1.82, 2.24) is 4.31 Å². The lowest BCUT2D eigenvalue weighted by Gasteiger charge is -2.17. The Balaban J connectivity index is 4.25. The van der Waals surface area contributed by atoms with Crippen LogP contribution in [-0.2, 0) is 10.0 Å². The van der Waals surface area contributed by atoms with Crippen molar-refractivity contribution in [3.05, 3.63) is 6.92 Å². The summed E-state index contributed by atoms with van der Waals surface area (Å²) in [6.07, 6.45) is 0.842. The molecule has 0 saturated carbocycles. The third-order valence-electron chi connectivity index (χ3n) is 1.48. The van der Waals surface area contributed by atoms with Crippen molar-refractivity contribution >= 4 is 10.0 Å². The van der Waals surface area contributed by atoms with Gasteiger partial charge >= 0.3 is 0 Å². The van der Waals surface area contributed by atoms with Crippen molar-refractivity contribution < 1.29 is 8.42 Å². The molecule has 0 fully saturated rings. The van der Waals surface area contributed by atoms with Gasteiger partial charge in [0, 0.05) is 13.1 Å². The van der Waals surface area contributed by atoms with Crippen LogP contribution in [0.15, 0.2) is 0 Å². The second kappa shape index (κ2) is 4.72. The summed E-state index contributed by atoms with van der Waals surface area (Å²) in [5.41, 5.74) is 0. The standard InChI is InChI=1S/C7H16NO2S/c1-4-7-8(5-2)11(9,10)6-3/h2,4-7H2,1,3H3. The van der Waals surface area contributed by atoms with E-state index in [1.54, 1.807) is 6.92 Å². The molecule has 11 heavy (non-hydrogen) atoms. The highest BCUT2D eigenvalue weighted by Crippen LogP contribution is 2.00. The third kappa shape index (κ3) is 3.20. The lowest BCUT2D eigenvalue weighted by atomic mass is 10.5. The van der Waals surface area contributed by atoms with E-state index < -0.39 is 10.0 Å². The molecule has 0 aromatic carbocycles. The van der Waals surface area contributed by atoms with E-state index in [2.05, 4.69) is 6.92 Å². The van der Waals surface area contributed by atoms with Crippen molar-refractivity contribution in [2.75, 3.05) is 18.8 Å². The molecule has 67 valence electrons. The molecule has 0 saturated heterocycles. The predicted molar refractivity (Wildman–Crippen MR) is 46.7 cm³/mol. The van der Waals surface area contributed by atoms with Gasteiger partial charge in [-0.05, 0) is 20.3 Å². The van der Waals surface area contributed by atoms with Crippen LogP contribution in [0.2, 0.25) is 0 Å². The van der Waals surface area contributed by atoms with Crippen molar-refractivity contribution in [2.24, 2.45) is 0 Å². The van der Waals surface area contributed by atoms with Gasteiger partial charge in [-0.1, -0.05) is 6.92 Å². The zero-order chi connectivity index (χ0) is 8.91. The van der Waals surface area contributed by atoms with Crippen LogP contribution in [0, 0.1) is 6.92 Å². The van der Waals surface area contributed by atoms with Crippen molar-refractivity contribution in [1.29, 1.82) is 0 Å². The second-order valence-electron chi connectivity index (χ2n) is 2.30. The Bertz CT molecular complexity index is 187. The van der Waals surface area contributed by atoms with Gasteiger partial charge in [-0.15, -0.1) is 0 Å². The molecule has 3 nitrogen and oxygen atoms in total. The first-order valence-electron chi connectivity index (χ1n) is 3.85. The van der Waals surface area contributed by atoms with Crippen molar-refractivity contribution in [3.8, 4) is 0 Å². The van der Waals surface area contributed by atoms with Crippen LogP contribution in [0.3, 0.4) is 0 Å². The first-order valence-corrected chi connectivity index (χ1v) is 5.46. The van der Waals surface area contributed by atoms with Gasteiger partial charge in [0.2, 0.25) is 10.0 Å². The van der Waals surface area contributed by atoms with E-state index in [-0.39, 0.29) is 5.75 Å². The van der Waals surface area contributed by atoms with Crippen LogP contribution in [0.1, 0.15) is 20.3 Å². The topological polar surface area (TPSA) is 37.4 Å². The van der Waals surface area contributed by atoms with Crippen LogP contribution in [0.25, 0.3) is 0 Å². The fourth-order valence-electron chi connectivity index (χ4n) is 0.822. The zero-order valence-electron chi connectivity index (χ0n) is 7.21. The van der Waals surface area contributed by atoms with Gasteiger partial charge in [-0.3, -0.25) is 0 Å². The molecule has 0 aromatic heterocycles. The maximum absolute atomic E-state index is 11.2. The quantitative estimate of drug-likeness (QED) is 0.627. The van der Waals surface area contributed by atoms with Gasteiger partial charge in [0.25, 0.3) is 0 Å². The van der Waals surface area contributed by atoms with E-state index in [0.717, 1.165) is 6.42 Å². The molecule has 0 rings (SSSR count). The molecule has 0 bridgehead atoms. The highest BCUT2D eigenvalue weighted by molar-refractivity contribution is 7.89. The summed E-state index contributed by atoms with van der Waals surface area (Å²) in [6.45, 7) is 8.08. The molecule has 0 amide bonds. The third-order valence-corrected chi connectivity index (χ3v) is 3.36. The van der Waals surface area contributed by atoms with E-state index in [0.29, 0.717) is 13.1 Å². The maximum atomic E-state index is 11.2. The monoisotopic (exact) mass is 178 g/mol. The van der Waals surface area contributed by atoms with Gasteiger partial charge < -0.3 is 0 Å². The summed E-state index contributed by atoms with van der Waals surface area (Å²) in [7, 11) is -3.00. The molecular weight excluding hydrogens is 162 g/mol. The zero-order valence-corrected chi connectivity index (χ0v) is 8.02. The minimum atomic E-state index is -3.00. The largest absolute Gasteiger partial charge is 0.213 e. The summed E-state index contributed by atoms with van der Waals surface area (Å²) >= 11 is 0. The van der Waals surface area contributed by atoms with Crippen LogP contribution >= 0.6 is 0 Å². The molecule has 0 atom stereocenters. The van der Waals surface area contributed by atoms with Gasteiger partial charge in [-0.25, -0.2) is 12.7 Å². The lowest BCUT2D eigenvalue weighted by Crippen LogP contribution is -2.32. The summed E-state index contributed by atoms with van der Waals surface area (Å²) in [5, 5.41) is 0. The Kier molecular flexibility index (Phi) is 4.68. The highest BCUT2D eigenvalue weighted by Gasteiger charge is 2.15. The summed E-state index contributed by atoms with van der Waals surface area (Å²) in [5.74, 6) is 0.169. The first-order chi connectivity index (χ1) is 5.08. The number of hydrogen-bond acceptors (Lipinski definition) is 2. The number of rotatable bonds is 5. The molecule has 0 aliphatic heterocycles. The minimum absolute atomic E-state index is 0.169. The van der Waals surface area contributed by atoms with Crippen LogP contribution in [0.5, 0.6) is 0 Å². The fourth-order valence-corrected chi connectivity index (χ4v) is 1.93. The molecule has 0 spiro atoms. The van der Waals surface area contributed by atoms with E-state index >= 15 is 0 Å². The van der Waals surface area contributed by atoms with Crippen LogP contribution in [0.4, 0.5) is 0 Å². The Morgan fingerprint density at radius 1 is 1.36 bits per heavy atom. The van der Waals surface area contributed by atoms with Gasteiger partial charge in [-0.2, -0.15) is 0 Å². The van der Waals surface area contributed by atoms with Crippen molar-refractivity contribution in [3.63, 3.8) is 0 Å². The Hall–Kier alpha value is -0.0900. The van der Waals surface area contributed by atoms with Crippen LogP contribution < -0.4 is 0 Å². The summed E-state index contributed by atoms with van der Waals surface area (Å²) in [6, 6.07) is 0. The lowest BCUT2D eigenvalue weighted by molar-refractivity contribution is 0.441. The summed E-state index contributed by atoms with van der Waals surface area (Å²) < 4.78 is 23.8. The predicted octanol–water partition coefficient (Wildman–Crippen LogP) is 0.882. The molecule has 0 aromatic rings. The highest BCUT2D eigenvalue weighted by atomic mass is 32.2. The number of sulfonamides is 1. The maximum Gasteiger partial charge on any atom is 0.213 e. The van der Waals surface area contributed by atoms with Gasteiger partial charge in [0.15, 0.2) is 0 Å².